The molecule has 5 nitrogen and oxygen atoms in total. The van der Waals surface area contributed by atoms with Crippen molar-refractivity contribution in [3.05, 3.63) is 69.2 Å². The van der Waals surface area contributed by atoms with Crippen LogP contribution in [-0.4, -0.2) is 28.9 Å². The van der Waals surface area contributed by atoms with Crippen LogP contribution in [0.5, 0.6) is 0 Å². The van der Waals surface area contributed by atoms with Crippen LogP contribution in [0, 0.1) is 24.2 Å². The predicted octanol–water partition coefficient (Wildman–Crippen LogP) is 6.47. The van der Waals surface area contributed by atoms with Crippen LogP contribution in [-0.2, 0) is 21.5 Å². The van der Waals surface area contributed by atoms with E-state index in [2.05, 4.69) is 19.9 Å². The maximum atomic E-state index is 13.8. The third-order valence-electron chi connectivity index (χ3n) is 7.97. The van der Waals surface area contributed by atoms with E-state index in [0.717, 1.165) is 29.5 Å². The number of quaternary nitrogens is 1. The van der Waals surface area contributed by atoms with Gasteiger partial charge in [-0.25, -0.2) is 9.28 Å². The van der Waals surface area contributed by atoms with E-state index in [1.54, 1.807) is 6.07 Å². The fraction of sp³-hybridized carbons (Fsp3) is 0.483. The van der Waals surface area contributed by atoms with Crippen molar-refractivity contribution in [3.63, 3.8) is 0 Å². The molecule has 1 aliphatic rings. The molecule has 0 aromatic heterocycles. The quantitative estimate of drug-likeness (QED) is 0.283. The number of halogens is 2. The van der Waals surface area contributed by atoms with Gasteiger partial charge in [-0.15, -0.1) is 0 Å². The molecular weight excluding hydrogens is 493 g/mol. The highest BCUT2D eigenvalue weighted by atomic mass is 35.5. The molecule has 1 aliphatic heterocycles. The van der Waals surface area contributed by atoms with Crippen LogP contribution in [0.3, 0.4) is 0 Å². The number of rotatable bonds is 10. The van der Waals surface area contributed by atoms with Crippen molar-refractivity contribution < 1.29 is 14.1 Å². The number of aryl methyl sites for hydroxylation is 1. The zero-order chi connectivity index (χ0) is 26.5. The minimum Gasteiger partial charge on any atom is -0.364 e. The first kappa shape index (κ1) is 28.2. The van der Waals surface area contributed by atoms with Crippen LogP contribution >= 0.6 is 23.2 Å². The largest absolute Gasteiger partial charge is 0.364 e. The van der Waals surface area contributed by atoms with Gasteiger partial charge in [0, 0.05) is 23.4 Å². The summed E-state index contributed by atoms with van der Waals surface area (Å²) < 4.78 is 0.00375. The van der Waals surface area contributed by atoms with E-state index < -0.39 is 17.4 Å². The van der Waals surface area contributed by atoms with Crippen LogP contribution in [0.2, 0.25) is 10.0 Å². The topological polar surface area (TPSA) is 83.9 Å². The summed E-state index contributed by atoms with van der Waals surface area (Å²) in [5.74, 6) is -0.309. The third kappa shape index (κ3) is 5.62. The molecule has 1 saturated heterocycles. The van der Waals surface area contributed by atoms with Gasteiger partial charge in [0.15, 0.2) is 6.04 Å². The summed E-state index contributed by atoms with van der Waals surface area (Å²) >= 11 is 12.7. The Bertz CT molecular complexity index is 1120. The Labute approximate surface area is 224 Å². The molecule has 1 heterocycles. The summed E-state index contributed by atoms with van der Waals surface area (Å²) in [7, 11) is 0. The molecule has 0 saturated carbocycles. The normalized spacial score (nSPS) is 21.2. The van der Waals surface area contributed by atoms with Gasteiger partial charge < -0.3 is 5.73 Å². The van der Waals surface area contributed by atoms with Crippen molar-refractivity contribution in [1.82, 2.24) is 0 Å². The molecule has 1 fully saturated rings. The number of nitriles is 1. The SMILES string of the molecule is Cc1cc(Cl)cc(Cl)c1C[N@+]1(C(=O)CCCC[C@@](C#N)(c2ccccc2)C(C)C)CCCC1C(N)=O. The van der Waals surface area contributed by atoms with Gasteiger partial charge in [0.2, 0.25) is 0 Å². The summed E-state index contributed by atoms with van der Waals surface area (Å²) in [6.45, 7) is 6.94. The molecule has 2 aromatic carbocycles. The Morgan fingerprint density at radius 1 is 1.19 bits per heavy atom. The lowest BCUT2D eigenvalue weighted by atomic mass is 9.69. The molecule has 2 amide bonds. The summed E-state index contributed by atoms with van der Waals surface area (Å²) in [6, 6.07) is 15.4. The van der Waals surface area contributed by atoms with Crippen molar-refractivity contribution in [2.45, 2.75) is 77.3 Å². The number of primary amides is 1. The van der Waals surface area contributed by atoms with Gasteiger partial charge in [-0.3, -0.25) is 4.79 Å². The van der Waals surface area contributed by atoms with Crippen molar-refractivity contribution in [3.8, 4) is 6.07 Å². The van der Waals surface area contributed by atoms with Crippen molar-refractivity contribution >= 4 is 35.0 Å². The molecule has 0 aliphatic carbocycles. The lowest BCUT2D eigenvalue weighted by Gasteiger charge is -2.37. The van der Waals surface area contributed by atoms with Gasteiger partial charge in [0.1, 0.15) is 6.54 Å². The first-order valence-corrected chi connectivity index (χ1v) is 13.4. The maximum Gasteiger partial charge on any atom is 0.314 e. The highest BCUT2D eigenvalue weighted by Crippen LogP contribution is 2.38. The second kappa shape index (κ2) is 11.8. The fourth-order valence-electron chi connectivity index (χ4n) is 5.80. The second-order valence-electron chi connectivity index (χ2n) is 10.4. The van der Waals surface area contributed by atoms with E-state index in [1.807, 2.05) is 43.3 Å². The number of hydrogen-bond acceptors (Lipinski definition) is 3. The lowest BCUT2D eigenvalue weighted by Crippen LogP contribution is -2.59. The van der Waals surface area contributed by atoms with Crippen molar-refractivity contribution in [1.29, 1.82) is 5.26 Å². The molecule has 2 aromatic rings. The third-order valence-corrected chi connectivity index (χ3v) is 8.52. The first-order valence-electron chi connectivity index (χ1n) is 12.7. The number of carbonyl (C=O) groups is 2. The van der Waals surface area contributed by atoms with Gasteiger partial charge in [-0.05, 0) is 48.9 Å². The Morgan fingerprint density at radius 2 is 1.89 bits per heavy atom. The van der Waals surface area contributed by atoms with E-state index in [4.69, 9.17) is 28.9 Å². The lowest BCUT2D eigenvalue weighted by molar-refractivity contribution is -0.871. The summed E-state index contributed by atoms with van der Waals surface area (Å²) in [4.78, 5) is 26.2. The molecule has 7 heteroatoms. The van der Waals surface area contributed by atoms with E-state index in [9.17, 15) is 14.9 Å². The second-order valence-corrected chi connectivity index (χ2v) is 11.2. The Morgan fingerprint density at radius 3 is 2.47 bits per heavy atom. The minimum atomic E-state index is -0.603. The number of benzene rings is 2. The molecule has 0 radical (unpaired) electrons. The van der Waals surface area contributed by atoms with Crippen LogP contribution in [0.15, 0.2) is 42.5 Å². The Kier molecular flexibility index (Phi) is 9.22. The van der Waals surface area contributed by atoms with E-state index in [0.29, 0.717) is 48.8 Å². The zero-order valence-corrected chi connectivity index (χ0v) is 22.9. The van der Waals surface area contributed by atoms with Gasteiger partial charge in [0.25, 0.3) is 5.91 Å². The summed E-state index contributed by atoms with van der Waals surface area (Å²) in [5, 5.41) is 11.2. The number of nitrogens with two attached hydrogens (primary N) is 1. The highest BCUT2D eigenvalue weighted by Gasteiger charge is 2.51. The molecule has 3 atom stereocenters. The summed E-state index contributed by atoms with van der Waals surface area (Å²) in [6.07, 6.45) is 3.70. The number of nitrogens with zero attached hydrogens (tertiary/aromatic N) is 2. The van der Waals surface area contributed by atoms with E-state index >= 15 is 0 Å². The van der Waals surface area contributed by atoms with Gasteiger partial charge in [-0.1, -0.05) is 73.8 Å². The number of carbonyl (C=O) groups excluding carboxylic acids is 2. The summed E-state index contributed by atoms with van der Waals surface area (Å²) in [5.41, 5.74) is 7.93. The van der Waals surface area contributed by atoms with Crippen LogP contribution in [0.4, 0.5) is 0 Å². The zero-order valence-electron chi connectivity index (χ0n) is 21.4. The highest BCUT2D eigenvalue weighted by molar-refractivity contribution is 6.35. The fourth-order valence-corrected chi connectivity index (χ4v) is 6.46. The van der Waals surface area contributed by atoms with Gasteiger partial charge in [0.05, 0.1) is 29.5 Å². The Balaban J connectivity index is 1.79. The first-order chi connectivity index (χ1) is 17.1. The van der Waals surface area contributed by atoms with Crippen LogP contribution < -0.4 is 5.73 Å². The average molecular weight is 530 g/mol. The van der Waals surface area contributed by atoms with Crippen molar-refractivity contribution in [2.24, 2.45) is 11.7 Å². The monoisotopic (exact) mass is 528 g/mol. The molecular formula is C29H36Cl2N3O2+. The average Bonchev–Trinajstić information content (AvgIpc) is 3.27. The molecule has 2 N–H and O–H groups in total. The number of likely N-dealkylation sites (tertiary alicyclic amines) is 1. The standard InChI is InChI=1S/C29H35Cl2N3O2/c1-20(2)29(19-32,22-10-5-4-6-11-22)14-8-7-13-27(35)34(15-9-12-26(34)28(33)36)18-24-21(3)16-23(30)17-25(24)31/h4-6,10-11,16-17,20,26H,7-9,12-15,18H2,1-3H3,(H-,33,36)/p+1/t26?,29-,34+/m0/s1. The predicted molar refractivity (Wildman–Crippen MR) is 144 cm³/mol. The van der Waals surface area contributed by atoms with Crippen molar-refractivity contribution in [2.75, 3.05) is 6.54 Å². The van der Waals surface area contributed by atoms with Gasteiger partial charge in [-0.2, -0.15) is 5.26 Å². The minimum absolute atomic E-state index is 0.00375. The molecule has 3 rings (SSSR count). The molecule has 1 unspecified atom stereocenters. The Hall–Kier alpha value is -2.39. The maximum absolute atomic E-state index is 13.8. The number of amides is 2. The van der Waals surface area contributed by atoms with Crippen LogP contribution in [0.25, 0.3) is 0 Å². The molecule has 36 heavy (non-hydrogen) atoms. The van der Waals surface area contributed by atoms with E-state index in [-0.39, 0.29) is 16.3 Å². The molecule has 0 bridgehead atoms. The number of hydrogen-bond donors (Lipinski definition) is 1. The van der Waals surface area contributed by atoms with E-state index in [1.165, 1.54) is 0 Å². The van der Waals surface area contributed by atoms with Crippen LogP contribution in [0.1, 0.15) is 69.1 Å². The smallest absolute Gasteiger partial charge is 0.314 e. The number of unbranched alkanes of at least 4 members (excludes halogenated alkanes) is 1. The molecule has 192 valence electrons. The van der Waals surface area contributed by atoms with Gasteiger partial charge >= 0.3 is 5.91 Å². The molecule has 0 spiro atoms.